The second-order valence-electron chi connectivity index (χ2n) is 3.92. The number of hydrogen-bond donors (Lipinski definition) is 1. The number of nitrogens with one attached hydrogen (secondary N) is 1. The lowest BCUT2D eigenvalue weighted by Gasteiger charge is -2.12. The minimum Gasteiger partial charge on any atom is -0.496 e. The van der Waals surface area contributed by atoms with Crippen LogP contribution in [0.2, 0.25) is 0 Å². The Kier molecular flexibility index (Phi) is 5.29. The van der Waals surface area contributed by atoms with Gasteiger partial charge < -0.3 is 14.8 Å². The molecule has 0 aliphatic heterocycles. The quantitative estimate of drug-likeness (QED) is 0.749. The topological polar surface area (TPSA) is 30.5 Å². The number of aryl methyl sites for hydroxylation is 2. The molecule has 3 heteroatoms. The molecule has 0 saturated carbocycles. The van der Waals surface area contributed by atoms with Crippen LogP contribution in [0.25, 0.3) is 0 Å². The molecule has 0 aliphatic rings. The van der Waals surface area contributed by atoms with Crippen LogP contribution in [0, 0.1) is 13.8 Å². The highest BCUT2D eigenvalue weighted by Gasteiger charge is 2.05. The standard InChI is InChI=1S/C13H21NO2/c1-10-7-12(9-14-5-6-15-3)13(16-4)8-11(10)2/h7-8,14H,5-6,9H2,1-4H3. The van der Waals surface area contributed by atoms with Gasteiger partial charge in [-0.3, -0.25) is 0 Å². The fourth-order valence-corrected chi connectivity index (χ4v) is 1.57. The zero-order chi connectivity index (χ0) is 12.0. The molecular formula is C13H21NO2. The Balaban J connectivity index is 2.66. The largest absolute Gasteiger partial charge is 0.496 e. The van der Waals surface area contributed by atoms with Gasteiger partial charge in [0.25, 0.3) is 0 Å². The van der Waals surface area contributed by atoms with Crippen LogP contribution in [0.4, 0.5) is 0 Å². The molecular weight excluding hydrogens is 202 g/mol. The number of methoxy groups -OCH3 is 2. The van der Waals surface area contributed by atoms with Crippen LogP contribution < -0.4 is 10.1 Å². The number of rotatable bonds is 6. The number of ether oxygens (including phenoxy) is 2. The van der Waals surface area contributed by atoms with Gasteiger partial charge in [-0.05, 0) is 31.0 Å². The van der Waals surface area contributed by atoms with Gasteiger partial charge in [0.05, 0.1) is 13.7 Å². The fraction of sp³-hybridized carbons (Fsp3) is 0.538. The van der Waals surface area contributed by atoms with Gasteiger partial charge in [0.15, 0.2) is 0 Å². The third-order valence-electron chi connectivity index (χ3n) is 2.70. The zero-order valence-electron chi connectivity index (χ0n) is 10.6. The lowest BCUT2D eigenvalue weighted by Crippen LogP contribution is -2.19. The molecule has 0 atom stereocenters. The van der Waals surface area contributed by atoms with Crippen molar-refractivity contribution in [2.45, 2.75) is 20.4 Å². The predicted molar refractivity (Wildman–Crippen MR) is 66.1 cm³/mol. The minimum atomic E-state index is 0.729. The molecule has 1 rings (SSSR count). The van der Waals surface area contributed by atoms with Gasteiger partial charge in [-0.2, -0.15) is 0 Å². The molecule has 0 bridgehead atoms. The van der Waals surface area contributed by atoms with Gasteiger partial charge >= 0.3 is 0 Å². The molecule has 16 heavy (non-hydrogen) atoms. The van der Waals surface area contributed by atoms with Gasteiger partial charge in [-0.1, -0.05) is 6.07 Å². The SMILES string of the molecule is COCCNCc1cc(C)c(C)cc1OC. The molecule has 0 aromatic heterocycles. The van der Waals surface area contributed by atoms with Crippen LogP contribution in [0.3, 0.4) is 0 Å². The monoisotopic (exact) mass is 223 g/mol. The first kappa shape index (κ1) is 13.0. The maximum Gasteiger partial charge on any atom is 0.123 e. The summed E-state index contributed by atoms with van der Waals surface area (Å²) in [6.07, 6.45) is 0. The van der Waals surface area contributed by atoms with E-state index in [1.807, 2.05) is 0 Å². The highest BCUT2D eigenvalue weighted by Crippen LogP contribution is 2.22. The van der Waals surface area contributed by atoms with Crippen LogP contribution in [-0.2, 0) is 11.3 Å². The van der Waals surface area contributed by atoms with Gasteiger partial charge in [-0.25, -0.2) is 0 Å². The molecule has 0 aliphatic carbocycles. The van der Waals surface area contributed by atoms with E-state index in [2.05, 4.69) is 31.3 Å². The van der Waals surface area contributed by atoms with Crippen molar-refractivity contribution in [3.05, 3.63) is 28.8 Å². The lowest BCUT2D eigenvalue weighted by molar-refractivity contribution is 0.199. The summed E-state index contributed by atoms with van der Waals surface area (Å²) in [6.45, 7) is 6.61. The van der Waals surface area contributed by atoms with Crippen molar-refractivity contribution < 1.29 is 9.47 Å². The Labute approximate surface area is 97.8 Å². The van der Waals surface area contributed by atoms with E-state index in [4.69, 9.17) is 9.47 Å². The van der Waals surface area contributed by atoms with E-state index < -0.39 is 0 Å². The summed E-state index contributed by atoms with van der Waals surface area (Å²) < 4.78 is 10.4. The summed E-state index contributed by atoms with van der Waals surface area (Å²) in [5.41, 5.74) is 3.75. The molecule has 1 N–H and O–H groups in total. The molecule has 0 heterocycles. The maximum atomic E-state index is 5.37. The van der Waals surface area contributed by atoms with Crippen molar-refractivity contribution in [2.24, 2.45) is 0 Å². The molecule has 3 nitrogen and oxygen atoms in total. The first-order chi connectivity index (χ1) is 7.69. The van der Waals surface area contributed by atoms with Crippen LogP contribution in [0.15, 0.2) is 12.1 Å². The molecule has 0 spiro atoms. The second-order valence-corrected chi connectivity index (χ2v) is 3.92. The molecule has 0 fully saturated rings. The van der Waals surface area contributed by atoms with E-state index in [1.54, 1.807) is 14.2 Å². The summed E-state index contributed by atoms with van der Waals surface area (Å²) in [6, 6.07) is 4.26. The molecule has 0 radical (unpaired) electrons. The first-order valence-corrected chi connectivity index (χ1v) is 5.52. The summed E-state index contributed by atoms with van der Waals surface area (Å²) in [7, 11) is 3.42. The normalized spacial score (nSPS) is 10.5. The van der Waals surface area contributed by atoms with Crippen LogP contribution >= 0.6 is 0 Å². The van der Waals surface area contributed by atoms with E-state index in [1.165, 1.54) is 16.7 Å². The van der Waals surface area contributed by atoms with Crippen LogP contribution in [0.5, 0.6) is 5.75 Å². The van der Waals surface area contributed by atoms with Gasteiger partial charge in [-0.15, -0.1) is 0 Å². The minimum absolute atomic E-state index is 0.729. The summed E-state index contributed by atoms with van der Waals surface area (Å²) in [5, 5.41) is 3.32. The Hall–Kier alpha value is -1.06. The summed E-state index contributed by atoms with van der Waals surface area (Å²) >= 11 is 0. The summed E-state index contributed by atoms with van der Waals surface area (Å²) in [5.74, 6) is 0.952. The highest BCUT2D eigenvalue weighted by atomic mass is 16.5. The van der Waals surface area contributed by atoms with Crippen molar-refractivity contribution in [2.75, 3.05) is 27.4 Å². The van der Waals surface area contributed by atoms with Crippen molar-refractivity contribution in [3.8, 4) is 5.75 Å². The van der Waals surface area contributed by atoms with Crippen molar-refractivity contribution in [1.82, 2.24) is 5.32 Å². The predicted octanol–water partition coefficient (Wildman–Crippen LogP) is 2.05. The van der Waals surface area contributed by atoms with Crippen molar-refractivity contribution in [3.63, 3.8) is 0 Å². The summed E-state index contributed by atoms with van der Waals surface area (Å²) in [4.78, 5) is 0. The zero-order valence-corrected chi connectivity index (χ0v) is 10.6. The van der Waals surface area contributed by atoms with Gasteiger partial charge in [0, 0.05) is 25.8 Å². The Morgan fingerprint density at radius 1 is 1.12 bits per heavy atom. The average Bonchev–Trinajstić information content (AvgIpc) is 2.28. The fourth-order valence-electron chi connectivity index (χ4n) is 1.57. The van der Waals surface area contributed by atoms with E-state index in [-0.39, 0.29) is 0 Å². The Morgan fingerprint density at radius 3 is 2.44 bits per heavy atom. The molecule has 0 unspecified atom stereocenters. The molecule has 1 aromatic rings. The number of hydrogen-bond acceptors (Lipinski definition) is 3. The first-order valence-electron chi connectivity index (χ1n) is 5.52. The molecule has 1 aromatic carbocycles. The second kappa shape index (κ2) is 6.51. The third kappa shape index (κ3) is 3.51. The van der Waals surface area contributed by atoms with E-state index >= 15 is 0 Å². The average molecular weight is 223 g/mol. The van der Waals surface area contributed by atoms with E-state index in [0.717, 1.165) is 25.4 Å². The highest BCUT2D eigenvalue weighted by molar-refractivity contribution is 5.41. The Bertz CT molecular complexity index is 337. The van der Waals surface area contributed by atoms with Crippen molar-refractivity contribution in [1.29, 1.82) is 0 Å². The molecule has 90 valence electrons. The smallest absolute Gasteiger partial charge is 0.123 e. The van der Waals surface area contributed by atoms with Crippen molar-refractivity contribution >= 4 is 0 Å². The van der Waals surface area contributed by atoms with E-state index in [9.17, 15) is 0 Å². The van der Waals surface area contributed by atoms with E-state index in [0.29, 0.717) is 0 Å². The van der Waals surface area contributed by atoms with Crippen LogP contribution in [-0.4, -0.2) is 27.4 Å². The lowest BCUT2D eigenvalue weighted by atomic mass is 10.1. The molecule has 0 amide bonds. The maximum absolute atomic E-state index is 5.37. The molecule has 0 saturated heterocycles. The van der Waals surface area contributed by atoms with Gasteiger partial charge in [0.1, 0.15) is 5.75 Å². The number of benzene rings is 1. The Morgan fingerprint density at radius 2 is 1.81 bits per heavy atom. The third-order valence-corrected chi connectivity index (χ3v) is 2.70. The van der Waals surface area contributed by atoms with Gasteiger partial charge in [0.2, 0.25) is 0 Å². The van der Waals surface area contributed by atoms with Crippen LogP contribution in [0.1, 0.15) is 16.7 Å².